The molecule has 3 heterocycles. The molecule has 0 aliphatic rings. The molecule has 0 fully saturated rings. The lowest BCUT2D eigenvalue weighted by atomic mass is 9.97. The molecule has 144 valence electrons. The van der Waals surface area contributed by atoms with Gasteiger partial charge in [-0.15, -0.1) is 11.3 Å². The summed E-state index contributed by atoms with van der Waals surface area (Å²) >= 11 is 1.82. The van der Waals surface area contributed by atoms with Crippen molar-refractivity contribution in [2.24, 2.45) is 0 Å². The first-order valence-electron chi connectivity index (χ1n) is 9.98. The van der Waals surface area contributed by atoms with Crippen LogP contribution in [0.3, 0.4) is 0 Å². The van der Waals surface area contributed by atoms with Crippen LogP contribution in [0.5, 0.6) is 0 Å². The van der Waals surface area contributed by atoms with E-state index in [1.807, 2.05) is 35.6 Å². The van der Waals surface area contributed by atoms with E-state index >= 15 is 0 Å². The molecule has 3 nitrogen and oxygen atoms in total. The van der Waals surface area contributed by atoms with Crippen molar-refractivity contribution < 1.29 is 0 Å². The van der Waals surface area contributed by atoms with Crippen molar-refractivity contribution in [2.45, 2.75) is 0 Å². The quantitative estimate of drug-likeness (QED) is 0.301. The number of hydrogen-bond donors (Lipinski definition) is 0. The standard InChI is InChI=1S/C27H15N3S/c28-14-17-12-18(16-29-15-17)23-9-5-10-24(30-23)22-13-26-27(20-7-2-1-6-19(20)22)21-8-3-4-11-25(21)31-26/h1-13,15-16H. The lowest BCUT2D eigenvalue weighted by Crippen LogP contribution is -1.91. The van der Waals surface area contributed by atoms with E-state index in [0.717, 1.165) is 22.5 Å². The minimum Gasteiger partial charge on any atom is -0.263 e. The summed E-state index contributed by atoms with van der Waals surface area (Å²) in [5.74, 6) is 0. The highest BCUT2D eigenvalue weighted by Crippen LogP contribution is 2.42. The summed E-state index contributed by atoms with van der Waals surface area (Å²) in [6, 6.07) is 29.4. The third-order valence-electron chi connectivity index (χ3n) is 5.57. The molecule has 0 aliphatic carbocycles. The van der Waals surface area contributed by atoms with Gasteiger partial charge in [-0.1, -0.05) is 48.5 Å². The van der Waals surface area contributed by atoms with E-state index in [2.05, 4.69) is 65.7 Å². The third-order valence-corrected chi connectivity index (χ3v) is 6.69. The topological polar surface area (TPSA) is 49.6 Å². The van der Waals surface area contributed by atoms with E-state index in [0.29, 0.717) is 5.56 Å². The van der Waals surface area contributed by atoms with E-state index in [1.54, 1.807) is 12.4 Å². The normalized spacial score (nSPS) is 11.2. The van der Waals surface area contributed by atoms with Crippen LogP contribution in [0.1, 0.15) is 5.56 Å². The average Bonchev–Trinajstić information content (AvgIpc) is 3.22. The molecule has 6 rings (SSSR count). The van der Waals surface area contributed by atoms with Gasteiger partial charge in [-0.05, 0) is 41.1 Å². The van der Waals surface area contributed by atoms with Crippen LogP contribution in [-0.4, -0.2) is 9.97 Å². The molecule has 0 bridgehead atoms. The van der Waals surface area contributed by atoms with Gasteiger partial charge in [0.15, 0.2) is 0 Å². The Morgan fingerprint density at radius 1 is 0.710 bits per heavy atom. The molecule has 0 atom stereocenters. The van der Waals surface area contributed by atoms with Crippen LogP contribution in [0.25, 0.3) is 53.5 Å². The van der Waals surface area contributed by atoms with Crippen molar-refractivity contribution in [1.29, 1.82) is 5.26 Å². The number of thiophene rings is 1. The number of pyridine rings is 2. The fraction of sp³-hybridized carbons (Fsp3) is 0. The Morgan fingerprint density at radius 3 is 2.35 bits per heavy atom. The van der Waals surface area contributed by atoms with Gasteiger partial charge in [0.25, 0.3) is 0 Å². The van der Waals surface area contributed by atoms with Gasteiger partial charge < -0.3 is 0 Å². The van der Waals surface area contributed by atoms with Crippen LogP contribution in [0.15, 0.2) is 91.3 Å². The monoisotopic (exact) mass is 413 g/mol. The number of hydrogen-bond acceptors (Lipinski definition) is 4. The number of fused-ring (bicyclic) bond motifs is 5. The molecule has 3 aromatic carbocycles. The van der Waals surface area contributed by atoms with Crippen molar-refractivity contribution in [3.8, 4) is 28.6 Å². The van der Waals surface area contributed by atoms with E-state index in [9.17, 15) is 5.26 Å². The van der Waals surface area contributed by atoms with Crippen LogP contribution in [-0.2, 0) is 0 Å². The van der Waals surface area contributed by atoms with Crippen LogP contribution < -0.4 is 0 Å². The molecule has 0 spiro atoms. The van der Waals surface area contributed by atoms with Crippen molar-refractivity contribution >= 4 is 42.3 Å². The van der Waals surface area contributed by atoms with Crippen LogP contribution in [0, 0.1) is 11.3 Å². The summed E-state index contributed by atoms with van der Waals surface area (Å²) in [5, 5.41) is 14.2. The summed E-state index contributed by atoms with van der Waals surface area (Å²) in [4.78, 5) is 9.14. The smallest absolute Gasteiger partial charge is 0.101 e. The molecule has 0 aliphatic heterocycles. The lowest BCUT2D eigenvalue weighted by Gasteiger charge is -2.10. The van der Waals surface area contributed by atoms with Crippen LogP contribution in [0.2, 0.25) is 0 Å². The van der Waals surface area contributed by atoms with E-state index in [1.165, 1.54) is 30.9 Å². The van der Waals surface area contributed by atoms with Gasteiger partial charge in [0.05, 0.1) is 17.0 Å². The zero-order chi connectivity index (χ0) is 20.8. The molecule has 0 saturated carbocycles. The summed E-state index contributed by atoms with van der Waals surface area (Å²) in [6.07, 6.45) is 3.32. The van der Waals surface area contributed by atoms with Crippen LogP contribution >= 0.6 is 11.3 Å². The van der Waals surface area contributed by atoms with Crippen molar-refractivity contribution in [3.63, 3.8) is 0 Å². The zero-order valence-corrected chi connectivity index (χ0v) is 17.2. The van der Waals surface area contributed by atoms with Crippen molar-refractivity contribution in [3.05, 3.63) is 96.8 Å². The summed E-state index contributed by atoms with van der Waals surface area (Å²) < 4.78 is 2.55. The first-order chi connectivity index (χ1) is 15.3. The Morgan fingerprint density at radius 2 is 1.48 bits per heavy atom. The van der Waals surface area contributed by atoms with Gasteiger partial charge in [-0.25, -0.2) is 4.98 Å². The predicted molar refractivity (Wildman–Crippen MR) is 128 cm³/mol. The second kappa shape index (κ2) is 7.02. The zero-order valence-electron chi connectivity index (χ0n) is 16.4. The number of nitrogens with zero attached hydrogens (tertiary/aromatic N) is 3. The van der Waals surface area contributed by atoms with E-state index in [-0.39, 0.29) is 0 Å². The second-order valence-corrected chi connectivity index (χ2v) is 8.51. The largest absolute Gasteiger partial charge is 0.263 e. The Kier molecular flexibility index (Phi) is 4.02. The fourth-order valence-electron chi connectivity index (χ4n) is 4.19. The summed E-state index contributed by atoms with van der Waals surface area (Å²) in [5.41, 5.74) is 4.20. The number of aromatic nitrogens is 2. The Hall–Kier alpha value is -4.07. The highest BCUT2D eigenvalue weighted by atomic mass is 32.1. The summed E-state index contributed by atoms with van der Waals surface area (Å²) in [7, 11) is 0. The Labute approximate surface area is 182 Å². The number of nitriles is 1. The van der Waals surface area contributed by atoms with E-state index < -0.39 is 0 Å². The molecule has 0 saturated heterocycles. The maximum atomic E-state index is 9.21. The molecule has 6 aromatic rings. The highest BCUT2D eigenvalue weighted by Gasteiger charge is 2.14. The molecule has 4 heteroatoms. The number of rotatable bonds is 2. The molecule has 0 unspecified atom stereocenters. The van der Waals surface area contributed by atoms with Gasteiger partial charge in [-0.3, -0.25) is 4.98 Å². The molecule has 0 radical (unpaired) electrons. The lowest BCUT2D eigenvalue weighted by molar-refractivity contribution is 1.27. The van der Waals surface area contributed by atoms with Crippen molar-refractivity contribution in [1.82, 2.24) is 9.97 Å². The van der Waals surface area contributed by atoms with Crippen LogP contribution in [0.4, 0.5) is 0 Å². The average molecular weight is 414 g/mol. The molecule has 31 heavy (non-hydrogen) atoms. The predicted octanol–water partition coefficient (Wildman–Crippen LogP) is 7.20. The second-order valence-electron chi connectivity index (χ2n) is 7.42. The first kappa shape index (κ1) is 17.8. The maximum Gasteiger partial charge on any atom is 0.101 e. The Bertz CT molecular complexity index is 1660. The molecular weight excluding hydrogens is 398 g/mol. The van der Waals surface area contributed by atoms with Gasteiger partial charge in [0, 0.05) is 43.7 Å². The minimum absolute atomic E-state index is 0.529. The minimum atomic E-state index is 0.529. The highest BCUT2D eigenvalue weighted by molar-refractivity contribution is 7.26. The molecule has 0 N–H and O–H groups in total. The van der Waals surface area contributed by atoms with Gasteiger partial charge in [0.1, 0.15) is 6.07 Å². The van der Waals surface area contributed by atoms with Gasteiger partial charge >= 0.3 is 0 Å². The summed E-state index contributed by atoms with van der Waals surface area (Å²) in [6.45, 7) is 0. The molecular formula is C27H15N3S. The Balaban J connectivity index is 1.63. The number of benzene rings is 3. The van der Waals surface area contributed by atoms with E-state index in [4.69, 9.17) is 4.98 Å². The molecule has 0 amide bonds. The molecule has 3 aromatic heterocycles. The third kappa shape index (κ3) is 2.87. The van der Waals surface area contributed by atoms with Crippen molar-refractivity contribution in [2.75, 3.05) is 0 Å². The first-order valence-corrected chi connectivity index (χ1v) is 10.8. The van der Waals surface area contributed by atoms with Gasteiger partial charge in [-0.2, -0.15) is 5.26 Å². The maximum absolute atomic E-state index is 9.21. The fourth-order valence-corrected chi connectivity index (χ4v) is 5.35. The van der Waals surface area contributed by atoms with Gasteiger partial charge in [0.2, 0.25) is 0 Å². The SMILES string of the molecule is N#Cc1cncc(-c2cccc(-c3cc4sc5ccccc5c4c4ccccc34)n2)c1.